The van der Waals surface area contributed by atoms with Crippen molar-refractivity contribution < 1.29 is 14.3 Å². The van der Waals surface area contributed by atoms with Crippen LogP contribution in [0.1, 0.15) is 28.5 Å². The summed E-state index contributed by atoms with van der Waals surface area (Å²) >= 11 is 1.57. The minimum absolute atomic E-state index is 0.238. The van der Waals surface area contributed by atoms with Crippen molar-refractivity contribution in [1.82, 2.24) is 15.1 Å². The zero-order valence-electron chi connectivity index (χ0n) is 18.1. The first-order valence-corrected chi connectivity index (χ1v) is 11.0. The molecule has 1 N–H and O–H groups in total. The molecule has 2 amide bonds. The van der Waals surface area contributed by atoms with Gasteiger partial charge in [0.2, 0.25) is 5.91 Å². The highest BCUT2D eigenvalue weighted by Gasteiger charge is 2.49. The summed E-state index contributed by atoms with van der Waals surface area (Å²) in [5, 5.41) is 9.55. The number of benzene rings is 1. The Bertz CT molecular complexity index is 1120. The monoisotopic (exact) mass is 438 g/mol. The molecule has 31 heavy (non-hydrogen) atoms. The van der Waals surface area contributed by atoms with Crippen molar-refractivity contribution in [1.29, 1.82) is 0 Å². The quantitative estimate of drug-likeness (QED) is 0.599. The van der Waals surface area contributed by atoms with Crippen LogP contribution in [0.4, 0.5) is 5.69 Å². The molecule has 1 unspecified atom stereocenters. The number of anilines is 1. The average Bonchev–Trinajstić information content (AvgIpc) is 3.39. The second-order valence-electron chi connectivity index (χ2n) is 8.00. The second kappa shape index (κ2) is 8.28. The maximum Gasteiger partial charge on any atom is 0.277 e. The summed E-state index contributed by atoms with van der Waals surface area (Å²) in [6.45, 7) is 6.78. The van der Waals surface area contributed by atoms with Crippen LogP contribution >= 0.6 is 11.3 Å². The molecule has 2 aromatic heterocycles. The first-order valence-electron chi connectivity index (χ1n) is 10.2. The Morgan fingerprint density at radius 3 is 2.77 bits per heavy atom. The van der Waals surface area contributed by atoms with Gasteiger partial charge in [-0.15, -0.1) is 11.3 Å². The van der Waals surface area contributed by atoms with Crippen molar-refractivity contribution in [2.24, 2.45) is 0 Å². The van der Waals surface area contributed by atoms with Crippen LogP contribution in [-0.2, 0) is 16.1 Å². The van der Waals surface area contributed by atoms with E-state index in [9.17, 15) is 9.59 Å². The van der Waals surface area contributed by atoms with Crippen molar-refractivity contribution in [3.63, 3.8) is 0 Å². The molecule has 0 radical (unpaired) electrons. The second-order valence-corrected chi connectivity index (χ2v) is 8.95. The summed E-state index contributed by atoms with van der Waals surface area (Å²) in [4.78, 5) is 29.7. The van der Waals surface area contributed by atoms with E-state index in [-0.39, 0.29) is 18.4 Å². The number of hydrogen-bond acceptors (Lipinski definition) is 5. The van der Waals surface area contributed by atoms with Gasteiger partial charge in [0.1, 0.15) is 16.9 Å². The molecule has 0 spiro atoms. The van der Waals surface area contributed by atoms with E-state index in [0.717, 1.165) is 27.4 Å². The molecule has 4 rings (SSSR count). The summed E-state index contributed by atoms with van der Waals surface area (Å²) in [5.41, 5.74) is 2.84. The Balaban J connectivity index is 1.81. The minimum Gasteiger partial charge on any atom is -0.383 e. The number of rotatable bonds is 6. The molecule has 1 aliphatic heterocycles. The third-order valence-electron chi connectivity index (χ3n) is 5.60. The molecule has 1 atom stereocenters. The smallest absolute Gasteiger partial charge is 0.277 e. The predicted octanol–water partition coefficient (Wildman–Crippen LogP) is 3.41. The SMILES string of the molecule is COCCNC(=O)C1(C)Cn2nc(-c3cccs3)cc2C(=O)N1c1ccc(C)cc1C. The van der Waals surface area contributed by atoms with E-state index < -0.39 is 5.54 Å². The zero-order valence-corrected chi connectivity index (χ0v) is 19.0. The van der Waals surface area contributed by atoms with Crippen molar-refractivity contribution in [3.05, 3.63) is 58.6 Å². The maximum absolute atomic E-state index is 13.8. The fourth-order valence-electron chi connectivity index (χ4n) is 4.02. The zero-order chi connectivity index (χ0) is 22.2. The summed E-state index contributed by atoms with van der Waals surface area (Å²) in [7, 11) is 1.59. The summed E-state index contributed by atoms with van der Waals surface area (Å²) in [5.74, 6) is -0.477. The number of carbonyl (C=O) groups excluding carboxylic acids is 2. The van der Waals surface area contributed by atoms with Crippen LogP contribution in [-0.4, -0.2) is 47.4 Å². The lowest BCUT2D eigenvalue weighted by atomic mass is 9.93. The van der Waals surface area contributed by atoms with Crippen LogP contribution in [0.5, 0.6) is 0 Å². The highest BCUT2D eigenvalue weighted by molar-refractivity contribution is 7.13. The van der Waals surface area contributed by atoms with Gasteiger partial charge in [0.25, 0.3) is 5.91 Å². The van der Waals surface area contributed by atoms with Gasteiger partial charge in [0.05, 0.1) is 18.0 Å². The van der Waals surface area contributed by atoms with Gasteiger partial charge in [-0.2, -0.15) is 5.10 Å². The van der Waals surface area contributed by atoms with Gasteiger partial charge >= 0.3 is 0 Å². The van der Waals surface area contributed by atoms with Crippen LogP contribution in [0, 0.1) is 13.8 Å². The van der Waals surface area contributed by atoms with Gasteiger partial charge in [-0.3, -0.25) is 19.2 Å². The number of aromatic nitrogens is 2. The Kier molecular flexibility index (Phi) is 5.68. The van der Waals surface area contributed by atoms with Crippen LogP contribution in [0.2, 0.25) is 0 Å². The van der Waals surface area contributed by atoms with Crippen LogP contribution in [0.15, 0.2) is 41.8 Å². The molecule has 3 heterocycles. The molecule has 162 valence electrons. The number of carbonyl (C=O) groups is 2. The molecule has 0 bridgehead atoms. The normalized spacial score (nSPS) is 18.2. The molecule has 1 aromatic carbocycles. The van der Waals surface area contributed by atoms with Gasteiger partial charge < -0.3 is 10.1 Å². The molecule has 1 aliphatic rings. The number of nitrogens with one attached hydrogen (secondary N) is 1. The van der Waals surface area contributed by atoms with Gasteiger partial charge in [-0.1, -0.05) is 23.8 Å². The highest BCUT2D eigenvalue weighted by Crippen LogP contribution is 2.36. The van der Waals surface area contributed by atoms with Crippen molar-refractivity contribution in [2.45, 2.75) is 32.9 Å². The number of hydrogen-bond donors (Lipinski definition) is 1. The van der Waals surface area contributed by atoms with Crippen LogP contribution in [0.3, 0.4) is 0 Å². The number of fused-ring (bicyclic) bond motifs is 1. The fourth-order valence-corrected chi connectivity index (χ4v) is 4.70. The van der Waals surface area contributed by atoms with Crippen LogP contribution in [0.25, 0.3) is 10.6 Å². The average molecular weight is 439 g/mol. The predicted molar refractivity (Wildman–Crippen MR) is 122 cm³/mol. The van der Waals surface area contributed by atoms with E-state index in [1.54, 1.807) is 35.0 Å². The molecule has 0 saturated heterocycles. The van der Waals surface area contributed by atoms with Crippen LogP contribution < -0.4 is 10.2 Å². The number of nitrogens with zero attached hydrogens (tertiary/aromatic N) is 3. The molecule has 0 aliphatic carbocycles. The van der Waals surface area contributed by atoms with E-state index in [0.29, 0.717) is 18.8 Å². The lowest BCUT2D eigenvalue weighted by Crippen LogP contribution is -2.65. The lowest BCUT2D eigenvalue weighted by molar-refractivity contribution is -0.126. The lowest BCUT2D eigenvalue weighted by Gasteiger charge is -2.43. The topological polar surface area (TPSA) is 76.5 Å². The maximum atomic E-state index is 13.8. The standard InChI is InChI=1S/C23H26N4O3S/c1-15-7-8-18(16(2)12-15)27-21(28)19-13-17(20-6-5-11-31-20)25-26(19)14-23(27,3)22(29)24-9-10-30-4/h5-8,11-13H,9-10,14H2,1-4H3,(H,24,29). The summed E-state index contributed by atoms with van der Waals surface area (Å²) in [6, 6.07) is 11.6. The Hall–Kier alpha value is -2.97. The van der Waals surface area contributed by atoms with Crippen molar-refractivity contribution >= 4 is 28.8 Å². The van der Waals surface area contributed by atoms with Crippen molar-refractivity contribution in [3.8, 4) is 10.6 Å². The van der Waals surface area contributed by atoms with E-state index in [2.05, 4.69) is 10.4 Å². The summed E-state index contributed by atoms with van der Waals surface area (Å²) < 4.78 is 6.73. The molecular formula is C23H26N4O3S. The number of ether oxygens (including phenoxy) is 1. The Morgan fingerprint density at radius 2 is 2.10 bits per heavy atom. The molecule has 8 heteroatoms. The number of methoxy groups -OCH3 is 1. The number of thiophene rings is 1. The number of aryl methyl sites for hydroxylation is 2. The third kappa shape index (κ3) is 3.77. The largest absolute Gasteiger partial charge is 0.383 e. The van der Waals surface area contributed by atoms with Crippen molar-refractivity contribution in [2.75, 3.05) is 25.2 Å². The Labute approximate surface area is 185 Å². The highest BCUT2D eigenvalue weighted by atomic mass is 32.1. The fraction of sp³-hybridized carbons (Fsp3) is 0.348. The molecule has 7 nitrogen and oxygen atoms in total. The Morgan fingerprint density at radius 1 is 1.29 bits per heavy atom. The third-order valence-corrected chi connectivity index (χ3v) is 6.49. The van der Waals surface area contributed by atoms with E-state index in [4.69, 9.17) is 4.74 Å². The first-order chi connectivity index (χ1) is 14.8. The van der Waals surface area contributed by atoms with Gasteiger partial charge in [0, 0.05) is 19.3 Å². The molecule has 0 fully saturated rings. The van der Waals surface area contributed by atoms with Gasteiger partial charge in [-0.05, 0) is 49.9 Å². The van der Waals surface area contributed by atoms with E-state index in [1.807, 2.05) is 55.6 Å². The van der Waals surface area contributed by atoms with E-state index in [1.165, 1.54) is 0 Å². The minimum atomic E-state index is -1.14. The van der Waals surface area contributed by atoms with Gasteiger partial charge in [-0.25, -0.2) is 0 Å². The molecule has 0 saturated carbocycles. The van der Waals surface area contributed by atoms with Gasteiger partial charge in [0.15, 0.2) is 0 Å². The molecule has 3 aromatic rings. The first kappa shape index (κ1) is 21.3. The molecular weight excluding hydrogens is 412 g/mol. The van der Waals surface area contributed by atoms with E-state index >= 15 is 0 Å². The summed E-state index contributed by atoms with van der Waals surface area (Å²) in [6.07, 6.45) is 0. The number of amides is 2.